The maximum absolute atomic E-state index is 6.13. The minimum absolute atomic E-state index is 0.595. The van der Waals surface area contributed by atoms with Crippen LogP contribution >= 0.6 is 23.4 Å². The molecule has 5 nitrogen and oxygen atoms in total. The Labute approximate surface area is 196 Å². The van der Waals surface area contributed by atoms with Crippen LogP contribution in [-0.2, 0) is 0 Å². The molecule has 3 aromatic carbocycles. The zero-order valence-corrected chi connectivity index (χ0v) is 19.3. The first-order valence-electron chi connectivity index (χ1n) is 9.96. The molecule has 1 aromatic heterocycles. The molecule has 0 aliphatic heterocycles. The fourth-order valence-electron chi connectivity index (χ4n) is 3.14. The molecule has 1 heterocycles. The number of aromatic nitrogens is 1. The van der Waals surface area contributed by atoms with Crippen molar-refractivity contribution in [3.8, 4) is 28.7 Å². The number of nitrogens with zero attached hydrogens (tertiary/aromatic N) is 1. The quantitative estimate of drug-likeness (QED) is 0.198. The first kappa shape index (κ1) is 22.1. The topological polar surface area (TPSA) is 49.8 Å². The van der Waals surface area contributed by atoms with Gasteiger partial charge in [-0.25, -0.2) is 0 Å². The number of pyridine rings is 1. The van der Waals surface area contributed by atoms with E-state index < -0.39 is 0 Å². The van der Waals surface area contributed by atoms with Gasteiger partial charge in [-0.2, -0.15) is 0 Å². The van der Waals surface area contributed by atoms with E-state index in [1.54, 1.807) is 32.2 Å². The summed E-state index contributed by atoms with van der Waals surface area (Å²) < 4.78 is 22.6. The lowest BCUT2D eigenvalue weighted by Gasteiger charge is -2.12. The van der Waals surface area contributed by atoms with E-state index in [9.17, 15) is 0 Å². The molecule has 4 rings (SSSR count). The number of hydrogen-bond acceptors (Lipinski definition) is 6. The predicted molar refractivity (Wildman–Crippen MR) is 129 cm³/mol. The molecule has 0 saturated heterocycles. The van der Waals surface area contributed by atoms with E-state index in [1.165, 1.54) is 0 Å². The summed E-state index contributed by atoms with van der Waals surface area (Å²) in [5.41, 5.74) is 0.770. The number of rotatable bonds is 9. The van der Waals surface area contributed by atoms with Gasteiger partial charge in [-0.1, -0.05) is 17.7 Å². The molecular weight excluding hydrogens is 446 g/mol. The molecule has 0 atom stereocenters. The number of methoxy groups -OCH3 is 2. The molecule has 0 aliphatic carbocycles. The van der Waals surface area contributed by atoms with E-state index in [0.29, 0.717) is 28.9 Å². The average Bonchev–Trinajstić information content (AvgIpc) is 2.82. The van der Waals surface area contributed by atoms with E-state index in [-0.39, 0.29) is 0 Å². The molecular formula is C25H22ClNO4S. The van der Waals surface area contributed by atoms with Crippen molar-refractivity contribution in [1.82, 2.24) is 4.98 Å². The maximum Gasteiger partial charge on any atom is 0.162 e. The molecule has 0 saturated carbocycles. The summed E-state index contributed by atoms with van der Waals surface area (Å²) in [5.74, 6) is 4.30. The Balaban J connectivity index is 1.38. The van der Waals surface area contributed by atoms with Crippen LogP contribution in [0, 0.1) is 0 Å². The van der Waals surface area contributed by atoms with Gasteiger partial charge in [-0.3, -0.25) is 4.98 Å². The highest BCUT2D eigenvalue weighted by atomic mass is 35.5. The first-order chi connectivity index (χ1) is 15.7. The maximum atomic E-state index is 6.13. The van der Waals surface area contributed by atoms with Crippen LogP contribution in [0.15, 0.2) is 77.8 Å². The molecule has 0 radical (unpaired) electrons. The van der Waals surface area contributed by atoms with Crippen LogP contribution in [0.2, 0.25) is 5.02 Å². The summed E-state index contributed by atoms with van der Waals surface area (Å²) in [6.45, 7) is 0.595. The molecule has 0 unspecified atom stereocenters. The van der Waals surface area contributed by atoms with Gasteiger partial charge in [0.15, 0.2) is 11.5 Å². The number of halogens is 1. The molecule has 0 amide bonds. The smallest absolute Gasteiger partial charge is 0.162 e. The van der Waals surface area contributed by atoms with Gasteiger partial charge in [-0.05, 0) is 54.6 Å². The van der Waals surface area contributed by atoms with E-state index in [4.69, 9.17) is 30.5 Å². The summed E-state index contributed by atoms with van der Waals surface area (Å²) in [6, 6.07) is 20.9. The van der Waals surface area contributed by atoms with E-state index in [0.717, 1.165) is 33.1 Å². The third-order valence-corrected chi connectivity index (χ3v) is 5.89. The Bertz CT molecular complexity index is 1200. The van der Waals surface area contributed by atoms with Gasteiger partial charge >= 0.3 is 0 Å². The molecule has 0 aliphatic rings. The van der Waals surface area contributed by atoms with Gasteiger partial charge in [-0.15, -0.1) is 11.8 Å². The minimum Gasteiger partial charge on any atom is -0.493 e. The zero-order valence-electron chi connectivity index (χ0n) is 17.7. The van der Waals surface area contributed by atoms with Gasteiger partial charge in [0.1, 0.15) is 17.2 Å². The normalized spacial score (nSPS) is 10.7. The summed E-state index contributed by atoms with van der Waals surface area (Å²) in [4.78, 5) is 5.55. The standard InChI is InChI=1S/C25H22ClNO4S/c1-28-24-15-21-22(16-25(24)29-2)27-11-10-23(21)31-18-6-8-20(9-7-18)32-13-12-30-19-5-3-4-17(26)14-19/h3-11,14-16H,12-13H2,1-2H3. The Morgan fingerprint density at radius 1 is 0.844 bits per heavy atom. The van der Waals surface area contributed by atoms with E-state index in [2.05, 4.69) is 4.98 Å². The van der Waals surface area contributed by atoms with Crippen LogP contribution in [-0.4, -0.2) is 31.6 Å². The van der Waals surface area contributed by atoms with Crippen LogP contribution in [0.5, 0.6) is 28.7 Å². The SMILES string of the molecule is COc1cc2nccc(Oc3ccc(SCCOc4cccc(Cl)c4)cc3)c2cc1OC. The Hall–Kier alpha value is -3.09. The van der Waals surface area contributed by atoms with Crippen LogP contribution < -0.4 is 18.9 Å². The molecule has 164 valence electrons. The van der Waals surface area contributed by atoms with Crippen molar-refractivity contribution in [2.75, 3.05) is 26.6 Å². The van der Waals surface area contributed by atoms with Crippen molar-refractivity contribution in [2.45, 2.75) is 4.90 Å². The second-order valence-electron chi connectivity index (χ2n) is 6.76. The Kier molecular flexibility index (Phi) is 7.24. The van der Waals surface area contributed by atoms with Crippen molar-refractivity contribution in [2.24, 2.45) is 0 Å². The summed E-state index contributed by atoms with van der Waals surface area (Å²) in [7, 11) is 3.21. The summed E-state index contributed by atoms with van der Waals surface area (Å²) in [6.07, 6.45) is 1.72. The van der Waals surface area contributed by atoms with Gasteiger partial charge in [0.05, 0.1) is 26.3 Å². The number of fused-ring (bicyclic) bond motifs is 1. The van der Waals surface area contributed by atoms with Gasteiger partial charge in [0.2, 0.25) is 0 Å². The highest BCUT2D eigenvalue weighted by Crippen LogP contribution is 2.37. The first-order valence-corrected chi connectivity index (χ1v) is 11.3. The lowest BCUT2D eigenvalue weighted by atomic mass is 10.2. The highest BCUT2D eigenvalue weighted by molar-refractivity contribution is 7.99. The molecule has 0 N–H and O–H groups in total. The lowest BCUT2D eigenvalue weighted by molar-refractivity contribution is 0.344. The highest BCUT2D eigenvalue weighted by Gasteiger charge is 2.11. The molecule has 0 fully saturated rings. The third-order valence-electron chi connectivity index (χ3n) is 4.68. The van der Waals surface area contributed by atoms with Crippen molar-refractivity contribution in [3.05, 3.63) is 77.9 Å². The van der Waals surface area contributed by atoms with Crippen molar-refractivity contribution < 1.29 is 18.9 Å². The molecule has 0 bridgehead atoms. The van der Waals surface area contributed by atoms with Gasteiger partial charge < -0.3 is 18.9 Å². The van der Waals surface area contributed by atoms with E-state index >= 15 is 0 Å². The second-order valence-corrected chi connectivity index (χ2v) is 8.37. The number of benzene rings is 3. The fourth-order valence-corrected chi connectivity index (χ4v) is 4.05. The van der Waals surface area contributed by atoms with Crippen molar-refractivity contribution in [3.63, 3.8) is 0 Å². The van der Waals surface area contributed by atoms with Gasteiger partial charge in [0, 0.05) is 33.3 Å². The fraction of sp³-hybridized carbons (Fsp3) is 0.160. The minimum atomic E-state index is 0.595. The number of hydrogen-bond donors (Lipinski definition) is 0. The van der Waals surface area contributed by atoms with Crippen LogP contribution in [0.1, 0.15) is 0 Å². The Morgan fingerprint density at radius 3 is 2.38 bits per heavy atom. The molecule has 7 heteroatoms. The summed E-state index contributed by atoms with van der Waals surface area (Å²) >= 11 is 7.69. The lowest BCUT2D eigenvalue weighted by Crippen LogP contribution is -1.99. The largest absolute Gasteiger partial charge is 0.493 e. The third kappa shape index (κ3) is 5.39. The Morgan fingerprint density at radius 2 is 1.62 bits per heavy atom. The van der Waals surface area contributed by atoms with Crippen LogP contribution in [0.3, 0.4) is 0 Å². The van der Waals surface area contributed by atoms with E-state index in [1.807, 2.05) is 66.7 Å². The second kappa shape index (κ2) is 10.5. The molecule has 0 spiro atoms. The summed E-state index contributed by atoms with van der Waals surface area (Å²) in [5, 5.41) is 1.52. The number of thioether (sulfide) groups is 1. The van der Waals surface area contributed by atoms with Crippen LogP contribution in [0.25, 0.3) is 10.9 Å². The zero-order chi connectivity index (χ0) is 22.3. The number of ether oxygens (including phenoxy) is 4. The van der Waals surface area contributed by atoms with Crippen LogP contribution in [0.4, 0.5) is 0 Å². The predicted octanol–water partition coefficient (Wildman–Crippen LogP) is 6.87. The van der Waals surface area contributed by atoms with Crippen molar-refractivity contribution >= 4 is 34.3 Å². The van der Waals surface area contributed by atoms with Crippen molar-refractivity contribution in [1.29, 1.82) is 0 Å². The molecule has 32 heavy (non-hydrogen) atoms. The van der Waals surface area contributed by atoms with Gasteiger partial charge in [0.25, 0.3) is 0 Å². The average molecular weight is 468 g/mol. The monoisotopic (exact) mass is 467 g/mol. The molecule has 4 aromatic rings.